The smallest absolute Gasteiger partial charge is 0.0482 e. The van der Waals surface area contributed by atoms with E-state index in [9.17, 15) is 0 Å². The summed E-state index contributed by atoms with van der Waals surface area (Å²) in [4.78, 5) is 0. The van der Waals surface area contributed by atoms with Crippen molar-refractivity contribution in [2.75, 3.05) is 0 Å². The van der Waals surface area contributed by atoms with Crippen LogP contribution in [0.15, 0.2) is 121 Å². The van der Waals surface area contributed by atoms with E-state index in [1.807, 2.05) is 69.2 Å². The number of fused-ring (bicyclic) bond motifs is 7. The first-order valence-electron chi connectivity index (χ1n) is 30.7. The number of aromatic nitrogens is 1. The Morgan fingerprint density at radius 3 is 1.43 bits per heavy atom. The molecule has 1 heteroatoms. The van der Waals surface area contributed by atoms with Gasteiger partial charge in [-0.05, 0) is 156 Å². The highest BCUT2D eigenvalue weighted by Crippen LogP contribution is 2.35. The van der Waals surface area contributed by atoms with Gasteiger partial charge in [-0.25, -0.2) is 0 Å². The summed E-state index contributed by atoms with van der Waals surface area (Å²) in [5.74, 6) is 0. The number of nitrogens with zero attached hydrogens (tertiary/aromatic N) is 1. The zero-order valence-corrected chi connectivity index (χ0v) is 54.8. The molecule has 0 atom stereocenters. The standard InChI is InChI=1S/C15H19N.4C13H16.5C2H6.CH4/c1-15(2,3)12-6-7-14-11(9-12)10-13-5-4-8-16(13)14;2*1-13(2,3)12-9-5-7-10-6-4-8-11(10)12;2*1-13(2,3)12-8-7-10-5-4-6-11(10)9-12;5*1-2;/h6-7,9-10H,4-5,8H2,1-3H3;4-5,7-9H,6H2,1-3H3;4-7,9H,8H2,1-3H3;4,6-9H,5H2,1-3H3;4-5,7-9H,6H2,1-3H3;5*1-2H3;1H4. The molecule has 5 aliphatic rings. The fourth-order valence-corrected chi connectivity index (χ4v) is 10.1. The van der Waals surface area contributed by atoms with Crippen molar-refractivity contribution in [1.29, 1.82) is 0 Å². The quantitative estimate of drug-likeness (QED) is 0.143. The van der Waals surface area contributed by atoms with Gasteiger partial charge in [0.2, 0.25) is 0 Å². The molecule has 1 nitrogen and oxygen atoms in total. The molecule has 0 N–H and O–H groups in total. The maximum absolute atomic E-state index is 2.47. The molecule has 4 aliphatic carbocycles. The molecule has 0 amide bonds. The Balaban J connectivity index is 0.000000474. The summed E-state index contributed by atoms with van der Waals surface area (Å²) >= 11 is 0. The van der Waals surface area contributed by atoms with Crippen LogP contribution in [0.25, 0.3) is 35.2 Å². The minimum atomic E-state index is 0. The zero-order chi connectivity index (χ0) is 59.2. The lowest BCUT2D eigenvalue weighted by molar-refractivity contribution is 0.584. The Morgan fingerprint density at radius 2 is 0.835 bits per heavy atom. The Labute approximate surface area is 489 Å². The summed E-state index contributed by atoms with van der Waals surface area (Å²) in [5.41, 5.74) is 23.2. The van der Waals surface area contributed by atoms with Crippen molar-refractivity contribution in [3.05, 3.63) is 199 Å². The molecule has 0 fully saturated rings. The molecule has 0 unspecified atom stereocenters. The van der Waals surface area contributed by atoms with Gasteiger partial charge in [0.25, 0.3) is 0 Å². The maximum Gasteiger partial charge on any atom is 0.0482 e. The third-order valence-electron chi connectivity index (χ3n) is 14.2. The van der Waals surface area contributed by atoms with Gasteiger partial charge < -0.3 is 4.57 Å². The molecule has 0 bridgehead atoms. The van der Waals surface area contributed by atoms with Gasteiger partial charge >= 0.3 is 0 Å². The van der Waals surface area contributed by atoms with Gasteiger partial charge in [0.1, 0.15) is 0 Å². The molecule has 11 rings (SSSR count). The molecule has 434 valence electrons. The first kappa shape index (κ1) is 71.6. The van der Waals surface area contributed by atoms with Crippen LogP contribution < -0.4 is 0 Å². The molecule has 0 saturated heterocycles. The fraction of sp³-hybridized carbons (Fsp3) is 0.487. The van der Waals surface area contributed by atoms with Crippen LogP contribution in [0.3, 0.4) is 0 Å². The van der Waals surface area contributed by atoms with E-state index in [1.165, 1.54) is 108 Å². The monoisotopic (exact) mass is 1070 g/mol. The molecule has 0 spiro atoms. The van der Waals surface area contributed by atoms with Gasteiger partial charge in [-0.3, -0.25) is 0 Å². The number of hydrogen-bond donors (Lipinski definition) is 0. The maximum atomic E-state index is 2.47. The minimum Gasteiger partial charge on any atom is -0.345 e. The summed E-state index contributed by atoms with van der Waals surface area (Å²) < 4.78 is 2.47. The van der Waals surface area contributed by atoms with E-state index < -0.39 is 0 Å². The van der Waals surface area contributed by atoms with Crippen LogP contribution in [-0.2, 0) is 65.7 Å². The Bertz CT molecular complexity index is 2860. The van der Waals surface area contributed by atoms with Crippen LogP contribution in [0.2, 0.25) is 0 Å². The van der Waals surface area contributed by atoms with E-state index in [-0.39, 0.29) is 34.5 Å². The first-order valence-corrected chi connectivity index (χ1v) is 30.7. The second-order valence-corrected chi connectivity index (χ2v) is 24.9. The Hall–Kier alpha value is -5.40. The second kappa shape index (κ2) is 32.8. The van der Waals surface area contributed by atoms with Gasteiger partial charge in [-0.15, -0.1) is 0 Å². The summed E-state index contributed by atoms with van der Waals surface area (Å²) in [6, 6.07) is 36.2. The summed E-state index contributed by atoms with van der Waals surface area (Å²) in [6.45, 7) is 55.2. The lowest BCUT2D eigenvalue weighted by Crippen LogP contribution is -2.13. The molecule has 6 aromatic rings. The number of rotatable bonds is 0. The van der Waals surface area contributed by atoms with E-state index in [1.54, 1.807) is 0 Å². The largest absolute Gasteiger partial charge is 0.345 e. The Kier molecular flexibility index (Phi) is 29.7. The third-order valence-corrected chi connectivity index (χ3v) is 14.2. The molecule has 2 heterocycles. The van der Waals surface area contributed by atoms with Crippen LogP contribution in [0.5, 0.6) is 0 Å². The summed E-state index contributed by atoms with van der Waals surface area (Å²) in [5, 5.41) is 1.42. The molecular formula is C78H117N. The second-order valence-electron chi connectivity index (χ2n) is 24.9. The van der Waals surface area contributed by atoms with Crippen LogP contribution in [0.4, 0.5) is 0 Å². The molecule has 1 aromatic heterocycles. The van der Waals surface area contributed by atoms with E-state index in [2.05, 4.69) is 254 Å². The van der Waals surface area contributed by atoms with Gasteiger partial charge in [0, 0.05) is 23.1 Å². The number of benzene rings is 5. The predicted molar refractivity (Wildman–Crippen MR) is 364 cm³/mol. The highest BCUT2D eigenvalue weighted by molar-refractivity contribution is 5.83. The van der Waals surface area contributed by atoms with E-state index in [4.69, 9.17) is 0 Å². The van der Waals surface area contributed by atoms with E-state index in [0.717, 1.165) is 25.7 Å². The van der Waals surface area contributed by atoms with Crippen molar-refractivity contribution in [2.24, 2.45) is 0 Å². The van der Waals surface area contributed by atoms with Crippen LogP contribution in [-0.4, -0.2) is 4.57 Å². The van der Waals surface area contributed by atoms with Crippen LogP contribution >= 0.6 is 0 Å². The molecular weight excluding hydrogens is 951 g/mol. The highest BCUT2D eigenvalue weighted by atomic mass is 15.0. The van der Waals surface area contributed by atoms with Crippen molar-refractivity contribution in [1.82, 2.24) is 4.57 Å². The molecule has 1 aliphatic heterocycles. The van der Waals surface area contributed by atoms with Crippen molar-refractivity contribution >= 4 is 35.2 Å². The Morgan fingerprint density at radius 1 is 0.367 bits per heavy atom. The van der Waals surface area contributed by atoms with E-state index >= 15 is 0 Å². The lowest BCUT2D eigenvalue weighted by atomic mass is 9.82. The molecule has 0 radical (unpaired) electrons. The summed E-state index contributed by atoms with van der Waals surface area (Å²) in [6.07, 6.45) is 24.9. The highest BCUT2D eigenvalue weighted by Gasteiger charge is 2.22. The van der Waals surface area contributed by atoms with Crippen LogP contribution in [0.1, 0.15) is 265 Å². The van der Waals surface area contributed by atoms with E-state index in [0.29, 0.717) is 0 Å². The molecule has 79 heavy (non-hydrogen) atoms. The average molecular weight is 1070 g/mol. The number of aryl methyl sites for hydroxylation is 2. The van der Waals surface area contributed by atoms with Gasteiger partial charge in [-0.1, -0.05) is 308 Å². The zero-order valence-electron chi connectivity index (χ0n) is 54.8. The number of hydrogen-bond acceptors (Lipinski definition) is 0. The van der Waals surface area contributed by atoms with Gasteiger partial charge in [0.05, 0.1) is 0 Å². The van der Waals surface area contributed by atoms with Crippen molar-refractivity contribution in [2.45, 2.75) is 253 Å². The third kappa shape index (κ3) is 20.3. The minimum absolute atomic E-state index is 0. The normalized spacial score (nSPS) is 13.2. The first-order chi connectivity index (χ1) is 36.9. The van der Waals surface area contributed by atoms with Gasteiger partial charge in [0.15, 0.2) is 0 Å². The molecule has 0 saturated carbocycles. The average Bonchev–Trinajstić information content (AvgIpc) is 4.30. The predicted octanol–water partition coefficient (Wildman–Crippen LogP) is 23.9. The topological polar surface area (TPSA) is 4.93 Å². The van der Waals surface area contributed by atoms with Crippen LogP contribution in [0, 0.1) is 0 Å². The van der Waals surface area contributed by atoms with Crippen molar-refractivity contribution < 1.29 is 0 Å². The summed E-state index contributed by atoms with van der Waals surface area (Å²) in [7, 11) is 0. The van der Waals surface area contributed by atoms with Crippen molar-refractivity contribution in [3.63, 3.8) is 0 Å². The van der Waals surface area contributed by atoms with Crippen molar-refractivity contribution in [3.8, 4) is 0 Å². The number of allylic oxidation sites excluding steroid dienone is 4. The SMILES string of the molecule is C.CC.CC.CC.CC.CC.CC(C)(C)c1ccc2c(c1)C=CC2.CC(C)(C)c1ccc2c(c1)CC=C2.CC(C)(C)c1ccc2c(c1)cc1n2CCC1.CC(C)(C)c1cccc2c1C=CC2.CC(C)(C)c1cccc2c1CC=C2. The molecule has 5 aromatic carbocycles. The lowest BCUT2D eigenvalue weighted by Gasteiger charge is -2.22. The van der Waals surface area contributed by atoms with Gasteiger partial charge in [-0.2, -0.15) is 0 Å². The fourth-order valence-electron chi connectivity index (χ4n) is 10.1.